The lowest BCUT2D eigenvalue weighted by Gasteiger charge is -2.22. The second-order valence-electron chi connectivity index (χ2n) is 3.91. The maximum atomic E-state index is 12.3. The molecule has 1 heterocycles. The number of hydrogen-bond acceptors (Lipinski definition) is 3. The number of aliphatic carboxylic acids is 1. The van der Waals surface area contributed by atoms with E-state index in [0.717, 1.165) is 0 Å². The van der Waals surface area contributed by atoms with Gasteiger partial charge < -0.3 is 5.11 Å². The van der Waals surface area contributed by atoms with E-state index in [4.69, 9.17) is 5.11 Å². The number of carboxylic acids is 1. The average Bonchev–Trinajstić information content (AvgIpc) is 2.64. The number of alkyl halides is 3. The minimum Gasteiger partial charge on any atom is -0.481 e. The number of carboxylic acid groups (broad SMARTS) is 1. The highest BCUT2D eigenvalue weighted by Gasteiger charge is 2.49. The van der Waals surface area contributed by atoms with E-state index in [2.05, 4.69) is 0 Å². The third kappa shape index (κ3) is 2.89. The summed E-state index contributed by atoms with van der Waals surface area (Å²) in [6, 6.07) is 0. The predicted octanol–water partition coefficient (Wildman–Crippen LogP) is 0.674. The van der Waals surface area contributed by atoms with Crippen LogP contribution in [0.3, 0.4) is 0 Å². The van der Waals surface area contributed by atoms with Crippen LogP contribution in [0.2, 0.25) is 0 Å². The van der Waals surface area contributed by atoms with Gasteiger partial charge in [0.25, 0.3) is 0 Å². The lowest BCUT2D eigenvalue weighted by Crippen LogP contribution is -2.43. The zero-order valence-corrected chi connectivity index (χ0v) is 9.75. The summed E-state index contributed by atoms with van der Waals surface area (Å²) < 4.78 is 60.7. The van der Waals surface area contributed by atoms with Gasteiger partial charge >= 0.3 is 12.1 Å². The number of nitrogens with zero attached hydrogens (tertiary/aromatic N) is 1. The molecule has 100 valence electrons. The summed E-state index contributed by atoms with van der Waals surface area (Å²) in [4.78, 5) is 10.6. The van der Waals surface area contributed by atoms with E-state index in [1.165, 1.54) is 0 Å². The van der Waals surface area contributed by atoms with Gasteiger partial charge in [0.2, 0.25) is 10.0 Å². The molecule has 0 aromatic rings. The number of sulfonamides is 1. The first-order valence-electron chi connectivity index (χ1n) is 4.85. The summed E-state index contributed by atoms with van der Waals surface area (Å²) in [5.41, 5.74) is 0. The topological polar surface area (TPSA) is 74.7 Å². The maximum absolute atomic E-state index is 12.3. The van der Waals surface area contributed by atoms with Crippen molar-refractivity contribution in [2.24, 2.45) is 5.92 Å². The number of carbonyl (C=O) groups is 1. The molecule has 0 amide bonds. The number of rotatable bonds is 3. The Morgan fingerprint density at radius 1 is 1.47 bits per heavy atom. The normalized spacial score (nSPS) is 24.8. The van der Waals surface area contributed by atoms with Crippen molar-refractivity contribution >= 4 is 16.0 Å². The molecule has 0 aliphatic carbocycles. The molecule has 1 fully saturated rings. The van der Waals surface area contributed by atoms with Crippen LogP contribution in [0, 0.1) is 5.92 Å². The molecule has 0 bridgehead atoms. The van der Waals surface area contributed by atoms with Gasteiger partial charge in [-0.2, -0.15) is 13.2 Å². The molecule has 0 saturated carbocycles. The molecule has 1 aliphatic rings. The molecule has 2 atom stereocenters. The van der Waals surface area contributed by atoms with Crippen LogP contribution < -0.4 is 0 Å². The molecule has 5 nitrogen and oxygen atoms in total. The summed E-state index contributed by atoms with van der Waals surface area (Å²) in [6.45, 7) is -0.0127. The van der Waals surface area contributed by atoms with Crippen molar-refractivity contribution in [3.8, 4) is 0 Å². The van der Waals surface area contributed by atoms with Crippen LogP contribution in [0.15, 0.2) is 0 Å². The molecule has 1 N–H and O–H groups in total. The van der Waals surface area contributed by atoms with E-state index in [1.54, 1.807) is 0 Å². The van der Waals surface area contributed by atoms with Crippen molar-refractivity contribution < 1.29 is 31.5 Å². The van der Waals surface area contributed by atoms with Crippen LogP contribution in [-0.2, 0) is 14.8 Å². The van der Waals surface area contributed by atoms with E-state index in [1.807, 2.05) is 0 Å². The van der Waals surface area contributed by atoms with Gasteiger partial charge in [0.1, 0.15) is 0 Å². The van der Waals surface area contributed by atoms with Crippen molar-refractivity contribution in [2.75, 3.05) is 13.1 Å². The van der Waals surface area contributed by atoms with Gasteiger partial charge in [-0.3, -0.25) is 4.79 Å². The molecule has 1 saturated heterocycles. The van der Waals surface area contributed by atoms with Gasteiger partial charge in [0.05, 0.1) is 5.92 Å². The van der Waals surface area contributed by atoms with E-state index in [-0.39, 0.29) is 13.0 Å². The fraction of sp³-hybridized carbons (Fsp3) is 0.875. The summed E-state index contributed by atoms with van der Waals surface area (Å²) in [7, 11) is -4.52. The zero-order valence-electron chi connectivity index (χ0n) is 8.94. The van der Waals surface area contributed by atoms with Crippen molar-refractivity contribution in [3.05, 3.63) is 0 Å². The third-order valence-electron chi connectivity index (χ3n) is 2.77. The number of halogens is 3. The van der Waals surface area contributed by atoms with Gasteiger partial charge in [-0.25, -0.2) is 12.7 Å². The van der Waals surface area contributed by atoms with E-state index in [9.17, 15) is 26.4 Å². The Bertz CT molecular complexity index is 405. The van der Waals surface area contributed by atoms with Crippen LogP contribution in [0.4, 0.5) is 13.2 Å². The molecular weight excluding hydrogens is 263 g/mol. The van der Waals surface area contributed by atoms with Gasteiger partial charge in [-0.05, 0) is 13.3 Å². The Morgan fingerprint density at radius 2 is 2.00 bits per heavy atom. The van der Waals surface area contributed by atoms with E-state index < -0.39 is 39.9 Å². The monoisotopic (exact) mass is 275 g/mol. The lowest BCUT2D eigenvalue weighted by atomic mass is 10.1. The summed E-state index contributed by atoms with van der Waals surface area (Å²) in [5.74, 6) is -2.12. The Morgan fingerprint density at radius 3 is 2.35 bits per heavy atom. The summed E-state index contributed by atoms with van der Waals surface area (Å²) in [6.07, 6.45) is -4.81. The second-order valence-corrected chi connectivity index (χ2v) is 6.16. The van der Waals surface area contributed by atoms with E-state index >= 15 is 0 Å². The second kappa shape index (κ2) is 4.45. The Labute approximate surface area is 96.3 Å². The van der Waals surface area contributed by atoms with Crippen molar-refractivity contribution in [2.45, 2.75) is 24.8 Å². The Hall–Kier alpha value is -0.830. The maximum Gasteiger partial charge on any atom is 0.406 e. The van der Waals surface area contributed by atoms with Crippen LogP contribution in [0.5, 0.6) is 0 Å². The minimum absolute atomic E-state index is 0.0408. The molecule has 0 aromatic heterocycles. The summed E-state index contributed by atoms with van der Waals surface area (Å²) >= 11 is 0. The molecule has 1 rings (SSSR count). The molecule has 17 heavy (non-hydrogen) atoms. The molecule has 0 radical (unpaired) electrons. The van der Waals surface area contributed by atoms with Crippen molar-refractivity contribution in [1.29, 1.82) is 0 Å². The first-order valence-corrected chi connectivity index (χ1v) is 6.35. The molecule has 1 aliphatic heterocycles. The van der Waals surface area contributed by atoms with Crippen LogP contribution in [-0.4, -0.2) is 48.3 Å². The van der Waals surface area contributed by atoms with Crippen molar-refractivity contribution in [1.82, 2.24) is 4.31 Å². The minimum atomic E-state index is -4.85. The standard InChI is InChI=1S/C8H12F3NO4S/c1-5(8(9,10)11)17(15,16)12-3-2-6(4-12)7(13)14/h5-6H,2-4H2,1H3,(H,13,14). The van der Waals surface area contributed by atoms with Gasteiger partial charge in [0.15, 0.2) is 5.25 Å². The largest absolute Gasteiger partial charge is 0.481 e. The third-order valence-corrected chi connectivity index (χ3v) is 4.98. The quantitative estimate of drug-likeness (QED) is 0.821. The highest BCUT2D eigenvalue weighted by Crippen LogP contribution is 2.30. The Kier molecular flexibility index (Phi) is 3.72. The summed E-state index contributed by atoms with van der Waals surface area (Å²) in [5, 5.41) is 6.14. The molecular formula is C8H12F3NO4S. The van der Waals surface area contributed by atoms with Crippen LogP contribution in [0.1, 0.15) is 13.3 Å². The predicted molar refractivity (Wildman–Crippen MR) is 51.8 cm³/mol. The van der Waals surface area contributed by atoms with E-state index in [0.29, 0.717) is 11.2 Å². The first-order chi connectivity index (χ1) is 7.56. The van der Waals surface area contributed by atoms with Gasteiger partial charge in [-0.15, -0.1) is 0 Å². The lowest BCUT2D eigenvalue weighted by molar-refractivity contribution is -0.141. The fourth-order valence-electron chi connectivity index (χ4n) is 1.55. The SMILES string of the molecule is CC(C(F)(F)F)S(=O)(=O)N1CCC(C(=O)O)C1. The highest BCUT2D eigenvalue weighted by atomic mass is 32.2. The molecule has 2 unspecified atom stereocenters. The molecule has 0 spiro atoms. The average molecular weight is 275 g/mol. The first kappa shape index (κ1) is 14.2. The highest BCUT2D eigenvalue weighted by molar-refractivity contribution is 7.89. The Balaban J connectivity index is 2.84. The molecule has 9 heteroatoms. The zero-order chi connectivity index (χ0) is 13.4. The molecule has 0 aromatic carbocycles. The van der Waals surface area contributed by atoms with Crippen LogP contribution >= 0.6 is 0 Å². The van der Waals surface area contributed by atoms with Crippen LogP contribution in [0.25, 0.3) is 0 Å². The van der Waals surface area contributed by atoms with Crippen molar-refractivity contribution in [3.63, 3.8) is 0 Å². The van der Waals surface area contributed by atoms with Gasteiger partial charge in [0, 0.05) is 13.1 Å². The fourth-order valence-corrected chi connectivity index (χ4v) is 3.09. The number of hydrogen-bond donors (Lipinski definition) is 1. The smallest absolute Gasteiger partial charge is 0.406 e. The van der Waals surface area contributed by atoms with Gasteiger partial charge in [-0.1, -0.05) is 0 Å².